The summed E-state index contributed by atoms with van der Waals surface area (Å²) in [7, 11) is 0. The van der Waals surface area contributed by atoms with Crippen molar-refractivity contribution in [1.29, 1.82) is 0 Å². The number of aliphatic hydroxyl groups excluding tert-OH is 1. The van der Waals surface area contributed by atoms with Crippen molar-refractivity contribution >= 4 is 28.2 Å². The smallest absolute Gasteiger partial charge is 0.253 e. The highest BCUT2D eigenvalue weighted by molar-refractivity contribution is 7.80. The van der Waals surface area contributed by atoms with Gasteiger partial charge in [-0.1, -0.05) is 30.3 Å². The maximum absolute atomic E-state index is 12.7. The second kappa shape index (κ2) is 9.36. The molecule has 0 radical (unpaired) electrons. The zero-order valence-electron chi connectivity index (χ0n) is 17.3. The Hall–Kier alpha value is -3.10. The van der Waals surface area contributed by atoms with Gasteiger partial charge in [-0.05, 0) is 43.3 Å². The number of aliphatic hydroxyl groups is 1. The van der Waals surface area contributed by atoms with Gasteiger partial charge in [0.25, 0.3) is 5.56 Å². The number of hydrogen-bond acceptors (Lipinski definition) is 5. The summed E-state index contributed by atoms with van der Waals surface area (Å²) in [5, 5.41) is 14.1. The molecular weight excluding hydrogens is 414 g/mol. The lowest BCUT2D eigenvalue weighted by Gasteiger charge is -2.28. The lowest BCUT2D eigenvalue weighted by Crippen LogP contribution is -2.42. The molecule has 0 saturated heterocycles. The van der Waals surface area contributed by atoms with Gasteiger partial charge in [-0.25, -0.2) is 0 Å². The third-order valence-electron chi connectivity index (χ3n) is 5.29. The number of nitrogens with one attached hydrogen (secondary N) is 2. The Kier molecular flexibility index (Phi) is 6.39. The normalized spacial score (nSPS) is 13.2. The maximum Gasteiger partial charge on any atom is 0.253 e. The van der Waals surface area contributed by atoms with Crippen molar-refractivity contribution in [3.63, 3.8) is 0 Å². The number of rotatable bonds is 7. The molecule has 2 aromatic carbocycles. The molecule has 4 rings (SSSR count). The summed E-state index contributed by atoms with van der Waals surface area (Å²) in [6.07, 6.45) is 0.547. The molecule has 3 aromatic rings. The van der Waals surface area contributed by atoms with E-state index in [1.54, 1.807) is 6.07 Å². The van der Waals surface area contributed by atoms with Gasteiger partial charge in [-0.3, -0.25) is 4.79 Å². The summed E-state index contributed by atoms with van der Waals surface area (Å²) in [6.45, 7) is 3.12. The minimum Gasteiger partial charge on any atom is -0.454 e. The summed E-state index contributed by atoms with van der Waals surface area (Å²) in [5.74, 6) is 1.29. The van der Waals surface area contributed by atoms with Crippen molar-refractivity contribution in [2.75, 3.05) is 19.9 Å². The summed E-state index contributed by atoms with van der Waals surface area (Å²) < 4.78 is 10.8. The van der Waals surface area contributed by atoms with Gasteiger partial charge in [0.05, 0.1) is 18.1 Å². The van der Waals surface area contributed by atoms with Crippen molar-refractivity contribution in [3.8, 4) is 11.5 Å². The molecule has 1 aliphatic heterocycles. The zero-order valence-corrected chi connectivity index (χ0v) is 18.1. The van der Waals surface area contributed by atoms with Crippen LogP contribution >= 0.6 is 12.2 Å². The number of H-pyrrole nitrogens is 1. The van der Waals surface area contributed by atoms with Gasteiger partial charge in [0.2, 0.25) is 6.79 Å². The van der Waals surface area contributed by atoms with E-state index in [0.717, 1.165) is 10.9 Å². The van der Waals surface area contributed by atoms with Crippen molar-refractivity contribution in [1.82, 2.24) is 15.2 Å². The molecule has 0 aliphatic carbocycles. The third-order valence-corrected chi connectivity index (χ3v) is 5.66. The van der Waals surface area contributed by atoms with Crippen molar-refractivity contribution in [3.05, 3.63) is 70.0 Å². The number of thiocarbonyl (C=S) groups is 1. The standard InChI is InChI=1S/C23H25N3O4S/c1-15(16-6-3-2-4-7-16)24-23(31)26(8-5-9-27)13-18-10-17-11-20-21(30-14-29-20)12-19(17)25-22(18)28/h2-4,6-7,10-12,15,27H,5,8-9,13-14H2,1H3,(H,24,31)(H,25,28)/t15-/m1/s1. The van der Waals surface area contributed by atoms with Gasteiger partial charge in [-0.2, -0.15) is 0 Å². The highest BCUT2D eigenvalue weighted by atomic mass is 32.1. The average Bonchev–Trinajstić information content (AvgIpc) is 3.23. The molecule has 8 heteroatoms. The third kappa shape index (κ3) is 4.81. The van der Waals surface area contributed by atoms with Crippen LogP contribution in [-0.4, -0.2) is 40.0 Å². The Bertz CT molecular complexity index is 1130. The first kappa shape index (κ1) is 21.1. The average molecular weight is 440 g/mol. The number of benzene rings is 2. The number of pyridine rings is 1. The first-order valence-electron chi connectivity index (χ1n) is 10.2. The van der Waals surface area contributed by atoms with Gasteiger partial charge in [0, 0.05) is 30.2 Å². The Morgan fingerprint density at radius 3 is 2.71 bits per heavy atom. The largest absolute Gasteiger partial charge is 0.454 e. The molecule has 0 unspecified atom stereocenters. The number of aromatic amines is 1. The van der Waals surface area contributed by atoms with Crippen LogP contribution < -0.4 is 20.3 Å². The predicted octanol–water partition coefficient (Wildman–Crippen LogP) is 3.08. The molecule has 7 nitrogen and oxygen atoms in total. The van der Waals surface area contributed by atoms with Crippen LogP contribution in [0.4, 0.5) is 0 Å². The van der Waals surface area contributed by atoms with Crippen LogP contribution in [0.25, 0.3) is 10.9 Å². The first-order valence-corrected chi connectivity index (χ1v) is 10.6. The Morgan fingerprint density at radius 1 is 1.23 bits per heavy atom. The lowest BCUT2D eigenvalue weighted by molar-refractivity contribution is 0.174. The quantitative estimate of drug-likeness (QED) is 0.488. The van der Waals surface area contributed by atoms with E-state index in [9.17, 15) is 9.90 Å². The molecule has 3 N–H and O–H groups in total. The van der Waals surface area contributed by atoms with Crippen molar-refractivity contribution in [2.24, 2.45) is 0 Å². The number of fused-ring (bicyclic) bond motifs is 2. The van der Waals surface area contributed by atoms with Gasteiger partial charge < -0.3 is 29.8 Å². The Labute approximate surface area is 185 Å². The van der Waals surface area contributed by atoms with Crippen molar-refractivity contribution < 1.29 is 14.6 Å². The summed E-state index contributed by atoms with van der Waals surface area (Å²) in [6, 6.07) is 15.5. The van der Waals surface area contributed by atoms with E-state index in [0.29, 0.717) is 47.2 Å². The van der Waals surface area contributed by atoms with Crippen molar-refractivity contribution in [2.45, 2.75) is 25.9 Å². The van der Waals surface area contributed by atoms with Crippen LogP contribution in [0, 0.1) is 0 Å². The van der Waals surface area contributed by atoms with Crippen LogP contribution in [0.2, 0.25) is 0 Å². The topological polar surface area (TPSA) is 86.8 Å². The van der Waals surface area contributed by atoms with Gasteiger partial charge in [-0.15, -0.1) is 0 Å². The van der Waals surface area contributed by atoms with Crippen LogP contribution in [0.1, 0.15) is 30.5 Å². The highest BCUT2D eigenvalue weighted by Gasteiger charge is 2.18. The lowest BCUT2D eigenvalue weighted by atomic mass is 10.1. The van der Waals surface area contributed by atoms with Crippen LogP contribution in [0.3, 0.4) is 0 Å². The molecule has 0 fully saturated rings. The Balaban J connectivity index is 1.56. The van der Waals surface area contributed by atoms with E-state index in [1.807, 2.05) is 54.3 Å². The molecule has 31 heavy (non-hydrogen) atoms. The fraction of sp³-hybridized carbons (Fsp3) is 0.304. The summed E-state index contributed by atoms with van der Waals surface area (Å²) in [5.41, 5.74) is 2.21. The predicted molar refractivity (Wildman–Crippen MR) is 123 cm³/mol. The van der Waals surface area contributed by atoms with E-state index in [-0.39, 0.29) is 25.0 Å². The molecule has 0 bridgehead atoms. The monoisotopic (exact) mass is 439 g/mol. The number of aromatic nitrogens is 1. The molecule has 1 aliphatic rings. The molecular formula is C23H25N3O4S. The van der Waals surface area contributed by atoms with E-state index in [2.05, 4.69) is 10.3 Å². The van der Waals surface area contributed by atoms with Crippen LogP contribution in [0.5, 0.6) is 11.5 Å². The summed E-state index contributed by atoms with van der Waals surface area (Å²) >= 11 is 5.65. The summed E-state index contributed by atoms with van der Waals surface area (Å²) in [4.78, 5) is 17.6. The minimum absolute atomic E-state index is 0.0138. The van der Waals surface area contributed by atoms with Gasteiger partial charge in [0.1, 0.15) is 0 Å². The molecule has 1 atom stereocenters. The second-order valence-corrected chi connectivity index (χ2v) is 7.88. The molecule has 162 valence electrons. The fourth-order valence-corrected chi connectivity index (χ4v) is 3.91. The molecule has 0 amide bonds. The molecule has 0 saturated carbocycles. The number of ether oxygens (including phenoxy) is 2. The molecule has 2 heterocycles. The highest BCUT2D eigenvalue weighted by Crippen LogP contribution is 2.35. The van der Waals surface area contributed by atoms with Gasteiger partial charge >= 0.3 is 0 Å². The molecule has 0 spiro atoms. The SMILES string of the molecule is C[C@@H](NC(=S)N(CCCO)Cc1cc2cc3c(cc2[nH]c1=O)OCO3)c1ccccc1. The van der Waals surface area contributed by atoms with E-state index in [4.69, 9.17) is 21.7 Å². The second-order valence-electron chi connectivity index (χ2n) is 7.50. The van der Waals surface area contributed by atoms with Crippen LogP contribution in [-0.2, 0) is 6.54 Å². The Morgan fingerprint density at radius 2 is 1.97 bits per heavy atom. The molecule has 1 aromatic heterocycles. The van der Waals surface area contributed by atoms with E-state index in [1.165, 1.54) is 0 Å². The van der Waals surface area contributed by atoms with E-state index < -0.39 is 0 Å². The first-order chi connectivity index (χ1) is 15.0. The zero-order chi connectivity index (χ0) is 21.8. The van der Waals surface area contributed by atoms with Gasteiger partial charge in [0.15, 0.2) is 16.6 Å². The van der Waals surface area contributed by atoms with E-state index >= 15 is 0 Å². The van der Waals surface area contributed by atoms with Crippen LogP contribution in [0.15, 0.2) is 53.3 Å². The minimum atomic E-state index is -0.181. The maximum atomic E-state index is 12.7. The fourth-order valence-electron chi connectivity index (χ4n) is 3.58. The number of nitrogens with zero attached hydrogens (tertiary/aromatic N) is 1. The number of hydrogen-bond donors (Lipinski definition) is 3.